The van der Waals surface area contributed by atoms with Gasteiger partial charge in [-0.05, 0) is 56.9 Å². The lowest BCUT2D eigenvalue weighted by Gasteiger charge is -2.35. The molecule has 176 valence electrons. The molecule has 0 radical (unpaired) electrons. The molecular formula is C27H34N2O4. The minimum Gasteiger partial charge on any atom is -0.508 e. The summed E-state index contributed by atoms with van der Waals surface area (Å²) >= 11 is 0. The van der Waals surface area contributed by atoms with Gasteiger partial charge in [0.15, 0.2) is 0 Å². The highest BCUT2D eigenvalue weighted by Gasteiger charge is 2.27. The number of hydrogen-bond acceptors (Lipinski definition) is 5. The summed E-state index contributed by atoms with van der Waals surface area (Å²) in [4.78, 5) is 15.9. The molecule has 1 aliphatic heterocycles. The number of phenols is 1. The van der Waals surface area contributed by atoms with E-state index in [2.05, 4.69) is 37.9 Å². The SMILES string of the molecule is CCc1cccc(CC)c1NC(=O)c1c(C)oc2ccc(O)c(CN3CC(C)OC(C)C3)c12. The second-order valence-corrected chi connectivity index (χ2v) is 9.03. The Morgan fingerprint density at radius 3 is 2.33 bits per heavy atom. The van der Waals surface area contributed by atoms with E-state index >= 15 is 0 Å². The summed E-state index contributed by atoms with van der Waals surface area (Å²) in [6.45, 7) is 12.1. The van der Waals surface area contributed by atoms with Crippen molar-refractivity contribution >= 4 is 22.6 Å². The Balaban J connectivity index is 1.75. The molecule has 2 N–H and O–H groups in total. The third kappa shape index (κ3) is 4.63. The lowest BCUT2D eigenvalue weighted by atomic mass is 10.00. The van der Waals surface area contributed by atoms with Gasteiger partial charge < -0.3 is 19.6 Å². The van der Waals surface area contributed by atoms with Gasteiger partial charge in [0.2, 0.25) is 0 Å². The van der Waals surface area contributed by atoms with Crippen LogP contribution in [-0.2, 0) is 24.1 Å². The number of hydrogen-bond donors (Lipinski definition) is 2. The maximum absolute atomic E-state index is 13.6. The highest BCUT2D eigenvalue weighted by molar-refractivity contribution is 6.14. The van der Waals surface area contributed by atoms with Crippen molar-refractivity contribution in [2.75, 3.05) is 18.4 Å². The van der Waals surface area contributed by atoms with Gasteiger partial charge in [0.25, 0.3) is 5.91 Å². The average Bonchev–Trinajstić information content (AvgIpc) is 3.11. The molecule has 0 bridgehead atoms. The summed E-state index contributed by atoms with van der Waals surface area (Å²) in [5.41, 5.74) is 4.90. The lowest BCUT2D eigenvalue weighted by Crippen LogP contribution is -2.44. The summed E-state index contributed by atoms with van der Waals surface area (Å²) in [6, 6.07) is 9.52. The number of aromatic hydroxyl groups is 1. The molecule has 0 saturated carbocycles. The number of carbonyl (C=O) groups excluding carboxylic acids is 1. The van der Waals surface area contributed by atoms with E-state index in [1.807, 2.05) is 18.2 Å². The number of carbonyl (C=O) groups is 1. The summed E-state index contributed by atoms with van der Waals surface area (Å²) < 4.78 is 11.8. The van der Waals surface area contributed by atoms with Crippen molar-refractivity contribution in [3.05, 3.63) is 58.3 Å². The van der Waals surface area contributed by atoms with Gasteiger partial charge in [-0.15, -0.1) is 0 Å². The van der Waals surface area contributed by atoms with E-state index < -0.39 is 0 Å². The Morgan fingerprint density at radius 1 is 1.09 bits per heavy atom. The van der Waals surface area contributed by atoms with E-state index in [9.17, 15) is 9.90 Å². The molecule has 1 aromatic heterocycles. The van der Waals surface area contributed by atoms with Gasteiger partial charge in [-0.3, -0.25) is 9.69 Å². The molecule has 1 aliphatic rings. The number of para-hydroxylation sites is 1. The van der Waals surface area contributed by atoms with Gasteiger partial charge in [-0.1, -0.05) is 32.0 Å². The molecule has 33 heavy (non-hydrogen) atoms. The highest BCUT2D eigenvalue weighted by atomic mass is 16.5. The van der Waals surface area contributed by atoms with Crippen LogP contribution in [0.3, 0.4) is 0 Å². The van der Waals surface area contributed by atoms with Gasteiger partial charge in [0, 0.05) is 36.3 Å². The fraction of sp³-hybridized carbons (Fsp3) is 0.444. The Kier molecular flexibility index (Phi) is 6.77. The Bertz CT molecular complexity index is 1130. The average molecular weight is 451 g/mol. The third-order valence-corrected chi connectivity index (χ3v) is 6.46. The first-order valence-electron chi connectivity index (χ1n) is 11.9. The predicted molar refractivity (Wildman–Crippen MR) is 131 cm³/mol. The Morgan fingerprint density at radius 2 is 1.73 bits per heavy atom. The fourth-order valence-corrected chi connectivity index (χ4v) is 5.02. The van der Waals surface area contributed by atoms with Crippen molar-refractivity contribution in [3.63, 3.8) is 0 Å². The van der Waals surface area contributed by atoms with Crippen molar-refractivity contribution in [1.29, 1.82) is 0 Å². The molecule has 0 aliphatic carbocycles. The second-order valence-electron chi connectivity index (χ2n) is 9.03. The van der Waals surface area contributed by atoms with Crippen LogP contribution in [0.25, 0.3) is 11.0 Å². The molecule has 2 unspecified atom stereocenters. The zero-order valence-electron chi connectivity index (χ0n) is 20.2. The van der Waals surface area contributed by atoms with Gasteiger partial charge >= 0.3 is 0 Å². The largest absolute Gasteiger partial charge is 0.508 e. The van der Waals surface area contributed by atoms with Crippen LogP contribution in [0, 0.1) is 6.92 Å². The lowest BCUT2D eigenvalue weighted by molar-refractivity contribution is -0.0705. The maximum atomic E-state index is 13.6. The number of ether oxygens (including phenoxy) is 1. The zero-order valence-corrected chi connectivity index (χ0v) is 20.2. The topological polar surface area (TPSA) is 74.9 Å². The van der Waals surface area contributed by atoms with Crippen LogP contribution in [-0.4, -0.2) is 41.2 Å². The number of aryl methyl sites for hydroxylation is 3. The van der Waals surface area contributed by atoms with Crippen molar-refractivity contribution in [2.24, 2.45) is 0 Å². The molecule has 1 amide bonds. The second kappa shape index (κ2) is 9.57. The minimum atomic E-state index is -0.211. The molecule has 2 heterocycles. The van der Waals surface area contributed by atoms with Gasteiger partial charge in [0.1, 0.15) is 17.1 Å². The quantitative estimate of drug-likeness (QED) is 0.524. The van der Waals surface area contributed by atoms with Crippen LogP contribution in [0.5, 0.6) is 5.75 Å². The summed E-state index contributed by atoms with van der Waals surface area (Å²) in [7, 11) is 0. The van der Waals surface area contributed by atoms with E-state index in [1.165, 1.54) is 0 Å². The zero-order chi connectivity index (χ0) is 23.7. The minimum absolute atomic E-state index is 0.113. The number of nitrogens with one attached hydrogen (secondary N) is 1. The molecule has 4 rings (SSSR count). The van der Waals surface area contributed by atoms with Crippen LogP contribution >= 0.6 is 0 Å². The van der Waals surface area contributed by atoms with E-state index in [4.69, 9.17) is 9.15 Å². The van der Waals surface area contributed by atoms with Crippen molar-refractivity contribution < 1.29 is 19.1 Å². The molecule has 6 nitrogen and oxygen atoms in total. The van der Waals surface area contributed by atoms with E-state index in [0.29, 0.717) is 28.8 Å². The van der Waals surface area contributed by atoms with Crippen molar-refractivity contribution in [3.8, 4) is 5.75 Å². The monoisotopic (exact) mass is 450 g/mol. The number of amides is 1. The maximum Gasteiger partial charge on any atom is 0.259 e. The van der Waals surface area contributed by atoms with E-state index in [0.717, 1.165) is 48.3 Å². The van der Waals surface area contributed by atoms with E-state index in [-0.39, 0.29) is 23.9 Å². The molecule has 3 aromatic rings. The summed E-state index contributed by atoms with van der Waals surface area (Å²) in [5, 5.41) is 14.7. The van der Waals surface area contributed by atoms with Crippen LogP contribution in [0.15, 0.2) is 34.7 Å². The number of fused-ring (bicyclic) bond motifs is 1. The number of rotatable bonds is 6. The van der Waals surface area contributed by atoms with Crippen LogP contribution in [0.4, 0.5) is 5.69 Å². The van der Waals surface area contributed by atoms with Gasteiger partial charge in [-0.2, -0.15) is 0 Å². The van der Waals surface area contributed by atoms with E-state index in [1.54, 1.807) is 19.1 Å². The molecule has 1 saturated heterocycles. The Hall–Kier alpha value is -2.83. The molecular weight excluding hydrogens is 416 g/mol. The number of nitrogens with zero attached hydrogens (tertiary/aromatic N) is 1. The molecule has 2 aromatic carbocycles. The number of furan rings is 1. The summed E-state index contributed by atoms with van der Waals surface area (Å²) in [5.74, 6) is 0.509. The van der Waals surface area contributed by atoms with Crippen molar-refractivity contribution in [1.82, 2.24) is 4.90 Å². The Labute approximate surface area is 195 Å². The number of morpholine rings is 1. The first-order chi connectivity index (χ1) is 15.8. The number of anilines is 1. The molecule has 2 atom stereocenters. The van der Waals surface area contributed by atoms with Gasteiger partial charge in [0.05, 0.1) is 17.8 Å². The molecule has 0 spiro atoms. The van der Waals surface area contributed by atoms with Crippen LogP contribution < -0.4 is 5.32 Å². The number of benzene rings is 2. The fourth-order valence-electron chi connectivity index (χ4n) is 5.02. The van der Waals surface area contributed by atoms with Crippen LogP contribution in [0.1, 0.15) is 60.5 Å². The number of phenolic OH excluding ortho intramolecular Hbond substituents is 1. The third-order valence-electron chi connectivity index (χ3n) is 6.46. The summed E-state index contributed by atoms with van der Waals surface area (Å²) in [6.07, 6.45) is 1.88. The first kappa shape index (κ1) is 23.3. The van der Waals surface area contributed by atoms with Crippen molar-refractivity contribution in [2.45, 2.75) is 66.2 Å². The highest BCUT2D eigenvalue weighted by Crippen LogP contribution is 2.36. The van der Waals surface area contributed by atoms with Crippen LogP contribution in [0.2, 0.25) is 0 Å². The van der Waals surface area contributed by atoms with Gasteiger partial charge in [-0.25, -0.2) is 0 Å². The predicted octanol–water partition coefficient (Wildman–Crippen LogP) is 5.43. The normalized spacial score (nSPS) is 19.2. The first-order valence-corrected chi connectivity index (χ1v) is 11.9. The molecule has 1 fully saturated rings. The smallest absolute Gasteiger partial charge is 0.259 e. The standard InChI is InChI=1S/C27H34N2O4/c1-6-19-9-8-10-20(7-2)26(19)28-27(31)24-18(5)33-23-12-11-22(30)21(25(23)24)15-29-13-16(3)32-17(4)14-29/h8-12,16-17,30H,6-7,13-15H2,1-5H3,(H,28,31). The molecule has 6 heteroatoms.